The number of benzene rings is 2. The van der Waals surface area contributed by atoms with Gasteiger partial charge in [0.25, 0.3) is 5.91 Å². The molecule has 0 radical (unpaired) electrons. The van der Waals surface area contributed by atoms with Crippen molar-refractivity contribution in [1.29, 1.82) is 0 Å². The molecule has 2 aliphatic heterocycles. The Morgan fingerprint density at radius 1 is 0.667 bits per heavy atom. The Morgan fingerprint density at radius 3 is 1.78 bits per heavy atom. The first-order chi connectivity index (χ1) is 13.2. The predicted octanol–water partition coefficient (Wildman–Crippen LogP) is 3.78. The van der Waals surface area contributed by atoms with Crippen LogP contribution in [0.3, 0.4) is 0 Å². The Kier molecular flexibility index (Phi) is 5.28. The molecule has 0 aliphatic carbocycles. The Hall–Kier alpha value is -2.56. The van der Waals surface area contributed by atoms with E-state index in [0.717, 1.165) is 37.4 Å². The minimum Gasteiger partial charge on any atom is -0.372 e. The van der Waals surface area contributed by atoms with Crippen molar-refractivity contribution in [3.63, 3.8) is 0 Å². The first kappa shape index (κ1) is 17.8. The van der Waals surface area contributed by atoms with E-state index in [9.17, 15) is 9.18 Å². The highest BCUT2D eigenvalue weighted by Gasteiger charge is 2.22. The van der Waals surface area contributed by atoms with Gasteiger partial charge in [0, 0.05) is 56.2 Å². The molecule has 0 aromatic heterocycles. The van der Waals surface area contributed by atoms with Gasteiger partial charge in [-0.15, -0.1) is 0 Å². The van der Waals surface area contributed by atoms with E-state index in [0.29, 0.717) is 13.1 Å². The SMILES string of the molecule is O=C(c1ccc(N2CCCCC2)cc1)N1CCN(c2ccc(F)cc2)CC1. The number of nitrogens with zero attached hydrogens (tertiary/aromatic N) is 3. The van der Waals surface area contributed by atoms with Gasteiger partial charge < -0.3 is 14.7 Å². The molecule has 2 heterocycles. The Morgan fingerprint density at radius 2 is 1.19 bits per heavy atom. The summed E-state index contributed by atoms with van der Waals surface area (Å²) < 4.78 is 13.1. The first-order valence-electron chi connectivity index (χ1n) is 9.85. The summed E-state index contributed by atoms with van der Waals surface area (Å²) in [4.78, 5) is 19.3. The molecule has 27 heavy (non-hydrogen) atoms. The number of hydrogen-bond donors (Lipinski definition) is 0. The number of amides is 1. The lowest BCUT2D eigenvalue weighted by molar-refractivity contribution is 0.0747. The molecule has 2 fully saturated rings. The largest absolute Gasteiger partial charge is 0.372 e. The molecular formula is C22H26FN3O. The van der Waals surface area contributed by atoms with Gasteiger partial charge in [0.05, 0.1) is 0 Å². The smallest absolute Gasteiger partial charge is 0.253 e. The zero-order valence-corrected chi connectivity index (χ0v) is 15.6. The third-order valence-electron chi connectivity index (χ3n) is 5.59. The number of rotatable bonds is 3. The standard InChI is InChI=1S/C22H26FN3O/c23-19-6-10-21(11-7-19)25-14-16-26(17-15-25)22(27)18-4-8-20(9-5-18)24-12-2-1-3-13-24/h4-11H,1-3,12-17H2. The second kappa shape index (κ2) is 7.99. The second-order valence-corrected chi connectivity index (χ2v) is 7.35. The van der Waals surface area contributed by atoms with Crippen molar-refractivity contribution in [2.75, 3.05) is 49.1 Å². The molecule has 0 unspecified atom stereocenters. The zero-order chi connectivity index (χ0) is 18.6. The highest BCUT2D eigenvalue weighted by Crippen LogP contribution is 2.22. The zero-order valence-electron chi connectivity index (χ0n) is 15.6. The van der Waals surface area contributed by atoms with Crippen molar-refractivity contribution in [1.82, 2.24) is 4.90 Å². The molecular weight excluding hydrogens is 341 g/mol. The lowest BCUT2D eigenvalue weighted by Crippen LogP contribution is -2.48. The van der Waals surface area contributed by atoms with Gasteiger partial charge in [-0.05, 0) is 67.8 Å². The molecule has 0 atom stereocenters. The molecule has 142 valence electrons. The number of hydrogen-bond acceptors (Lipinski definition) is 3. The molecule has 2 aromatic carbocycles. The second-order valence-electron chi connectivity index (χ2n) is 7.35. The van der Waals surface area contributed by atoms with Crippen molar-refractivity contribution in [3.8, 4) is 0 Å². The van der Waals surface area contributed by atoms with Gasteiger partial charge in [0.15, 0.2) is 0 Å². The quantitative estimate of drug-likeness (QED) is 0.826. The predicted molar refractivity (Wildman–Crippen MR) is 107 cm³/mol. The Balaban J connectivity index is 1.35. The number of carbonyl (C=O) groups is 1. The molecule has 0 spiro atoms. The van der Waals surface area contributed by atoms with Crippen molar-refractivity contribution >= 4 is 17.3 Å². The molecule has 2 aliphatic rings. The monoisotopic (exact) mass is 367 g/mol. The van der Waals surface area contributed by atoms with Crippen LogP contribution >= 0.6 is 0 Å². The summed E-state index contributed by atoms with van der Waals surface area (Å²) in [5.41, 5.74) is 2.98. The van der Waals surface area contributed by atoms with Crippen LogP contribution in [0.25, 0.3) is 0 Å². The number of piperazine rings is 1. The molecule has 5 heteroatoms. The van der Waals surface area contributed by atoms with Gasteiger partial charge in [-0.3, -0.25) is 4.79 Å². The molecule has 2 saturated heterocycles. The van der Waals surface area contributed by atoms with Crippen LogP contribution in [0.5, 0.6) is 0 Å². The molecule has 1 amide bonds. The van der Waals surface area contributed by atoms with E-state index in [1.807, 2.05) is 17.0 Å². The molecule has 0 bridgehead atoms. The van der Waals surface area contributed by atoms with Crippen LogP contribution in [0, 0.1) is 5.82 Å². The van der Waals surface area contributed by atoms with Gasteiger partial charge in [-0.2, -0.15) is 0 Å². The molecule has 2 aromatic rings. The average Bonchev–Trinajstić information content (AvgIpc) is 2.75. The fourth-order valence-corrected chi connectivity index (χ4v) is 3.97. The molecule has 0 N–H and O–H groups in total. The van der Waals surface area contributed by atoms with Crippen molar-refractivity contribution < 1.29 is 9.18 Å². The van der Waals surface area contributed by atoms with Crippen LogP contribution in [0.2, 0.25) is 0 Å². The van der Waals surface area contributed by atoms with Gasteiger partial charge in [-0.1, -0.05) is 0 Å². The number of carbonyl (C=O) groups excluding carboxylic acids is 1. The fraction of sp³-hybridized carbons (Fsp3) is 0.409. The lowest BCUT2D eigenvalue weighted by Gasteiger charge is -2.36. The summed E-state index contributed by atoms with van der Waals surface area (Å²) >= 11 is 0. The normalized spacial score (nSPS) is 17.9. The van der Waals surface area contributed by atoms with Crippen LogP contribution in [-0.4, -0.2) is 50.1 Å². The third kappa shape index (κ3) is 4.07. The highest BCUT2D eigenvalue weighted by atomic mass is 19.1. The van der Waals surface area contributed by atoms with Crippen molar-refractivity contribution in [2.24, 2.45) is 0 Å². The summed E-state index contributed by atoms with van der Waals surface area (Å²) in [6, 6.07) is 14.6. The third-order valence-corrected chi connectivity index (χ3v) is 5.59. The molecule has 0 saturated carbocycles. The number of piperidine rings is 1. The maximum absolute atomic E-state index is 13.1. The van der Waals surface area contributed by atoms with E-state index >= 15 is 0 Å². The summed E-state index contributed by atoms with van der Waals surface area (Å²) in [6.07, 6.45) is 3.81. The van der Waals surface area contributed by atoms with E-state index < -0.39 is 0 Å². The van der Waals surface area contributed by atoms with E-state index in [4.69, 9.17) is 0 Å². The summed E-state index contributed by atoms with van der Waals surface area (Å²) in [5.74, 6) is -0.125. The van der Waals surface area contributed by atoms with E-state index in [2.05, 4.69) is 21.9 Å². The maximum atomic E-state index is 13.1. The lowest BCUT2D eigenvalue weighted by atomic mass is 10.1. The van der Waals surface area contributed by atoms with E-state index in [1.165, 1.54) is 37.1 Å². The van der Waals surface area contributed by atoms with Crippen molar-refractivity contribution in [2.45, 2.75) is 19.3 Å². The average molecular weight is 367 g/mol. The Labute approximate surface area is 160 Å². The molecule has 4 rings (SSSR count). The van der Waals surface area contributed by atoms with Gasteiger partial charge >= 0.3 is 0 Å². The van der Waals surface area contributed by atoms with Gasteiger partial charge in [0.1, 0.15) is 5.82 Å². The minimum absolute atomic E-state index is 0.0963. The van der Waals surface area contributed by atoms with E-state index in [1.54, 1.807) is 12.1 Å². The highest BCUT2D eigenvalue weighted by molar-refractivity contribution is 5.94. The Bertz CT molecular complexity index is 761. The summed E-state index contributed by atoms with van der Waals surface area (Å²) in [6.45, 7) is 5.12. The van der Waals surface area contributed by atoms with Crippen LogP contribution in [0.1, 0.15) is 29.6 Å². The summed E-state index contributed by atoms with van der Waals surface area (Å²) in [7, 11) is 0. The van der Waals surface area contributed by atoms with Crippen LogP contribution in [0.15, 0.2) is 48.5 Å². The minimum atomic E-state index is -0.222. The number of halogens is 1. The fourth-order valence-electron chi connectivity index (χ4n) is 3.97. The van der Waals surface area contributed by atoms with Gasteiger partial charge in [0.2, 0.25) is 0 Å². The summed E-state index contributed by atoms with van der Waals surface area (Å²) in [5, 5.41) is 0. The van der Waals surface area contributed by atoms with Crippen LogP contribution < -0.4 is 9.80 Å². The van der Waals surface area contributed by atoms with E-state index in [-0.39, 0.29) is 11.7 Å². The van der Waals surface area contributed by atoms with Crippen LogP contribution in [0.4, 0.5) is 15.8 Å². The molecule has 4 nitrogen and oxygen atoms in total. The number of anilines is 2. The van der Waals surface area contributed by atoms with Gasteiger partial charge in [-0.25, -0.2) is 4.39 Å². The van der Waals surface area contributed by atoms with Crippen molar-refractivity contribution in [3.05, 3.63) is 59.9 Å². The van der Waals surface area contributed by atoms with Crippen LogP contribution in [-0.2, 0) is 0 Å². The first-order valence-corrected chi connectivity index (χ1v) is 9.85. The maximum Gasteiger partial charge on any atom is 0.253 e. The topological polar surface area (TPSA) is 26.8 Å².